The molecule has 10 rings (SSSR count). The lowest BCUT2D eigenvalue weighted by molar-refractivity contribution is 1.06. The molecular formula is C44H25N5. The van der Waals surface area contributed by atoms with Crippen molar-refractivity contribution in [3.8, 4) is 29.2 Å². The molecule has 5 heteroatoms. The lowest BCUT2D eigenvalue weighted by Gasteiger charge is -2.22. The van der Waals surface area contributed by atoms with E-state index in [1.54, 1.807) is 0 Å². The molecule has 10 aromatic rings. The SMILES string of the molecule is N#Cc1cc(-n2c3ccccc3c3ccccc32)c(-n2c3ccccc3c3ccccc32)c(C#N)c1-n1c2ccccc2c2ccccc21. The predicted molar refractivity (Wildman–Crippen MR) is 199 cm³/mol. The quantitative estimate of drug-likeness (QED) is 0.197. The van der Waals surface area contributed by atoms with Crippen LogP contribution >= 0.6 is 0 Å². The zero-order valence-corrected chi connectivity index (χ0v) is 26.2. The van der Waals surface area contributed by atoms with Gasteiger partial charge in [-0.3, -0.25) is 0 Å². The van der Waals surface area contributed by atoms with Gasteiger partial charge in [-0.05, 0) is 42.5 Å². The summed E-state index contributed by atoms with van der Waals surface area (Å²) in [4.78, 5) is 0. The molecule has 0 fully saturated rings. The van der Waals surface area contributed by atoms with E-state index in [0.29, 0.717) is 16.8 Å². The Hall–Kier alpha value is -7.08. The van der Waals surface area contributed by atoms with Gasteiger partial charge < -0.3 is 13.7 Å². The topological polar surface area (TPSA) is 62.4 Å². The van der Waals surface area contributed by atoms with Crippen LogP contribution < -0.4 is 0 Å². The van der Waals surface area contributed by atoms with E-state index >= 15 is 0 Å². The van der Waals surface area contributed by atoms with Gasteiger partial charge in [0.2, 0.25) is 0 Å². The molecular weight excluding hydrogens is 599 g/mol. The average molecular weight is 624 g/mol. The third-order valence-electron chi connectivity index (χ3n) is 9.91. The number of nitrogens with zero attached hydrogens (tertiary/aromatic N) is 5. The van der Waals surface area contributed by atoms with Crippen molar-refractivity contribution in [2.24, 2.45) is 0 Å². The van der Waals surface area contributed by atoms with Crippen LogP contribution in [0.3, 0.4) is 0 Å². The molecule has 3 heterocycles. The fourth-order valence-electron chi connectivity index (χ4n) is 7.98. The summed E-state index contributed by atoms with van der Waals surface area (Å²) in [6, 6.07) is 57.0. The number of hydrogen-bond donors (Lipinski definition) is 0. The summed E-state index contributed by atoms with van der Waals surface area (Å²) in [6.45, 7) is 0. The van der Waals surface area contributed by atoms with Crippen molar-refractivity contribution >= 4 is 65.4 Å². The van der Waals surface area contributed by atoms with Crippen molar-refractivity contribution < 1.29 is 0 Å². The van der Waals surface area contributed by atoms with Gasteiger partial charge in [0, 0.05) is 32.3 Å². The van der Waals surface area contributed by atoms with E-state index in [0.717, 1.165) is 76.8 Å². The van der Waals surface area contributed by atoms with Gasteiger partial charge in [0.25, 0.3) is 0 Å². The Morgan fingerprint density at radius 3 is 0.980 bits per heavy atom. The Balaban J connectivity index is 1.48. The first-order valence-electron chi connectivity index (χ1n) is 16.3. The smallest absolute Gasteiger partial charge is 0.104 e. The number of fused-ring (bicyclic) bond motifs is 9. The predicted octanol–water partition coefficient (Wildman–Crippen LogP) is 10.7. The lowest BCUT2D eigenvalue weighted by Crippen LogP contribution is -2.11. The Labute approximate surface area is 280 Å². The highest BCUT2D eigenvalue weighted by atomic mass is 15.1. The van der Waals surface area contributed by atoms with Crippen LogP contribution in [0.5, 0.6) is 0 Å². The van der Waals surface area contributed by atoms with Crippen LogP contribution in [0, 0.1) is 22.7 Å². The first kappa shape index (κ1) is 27.1. The number of nitriles is 2. The molecule has 0 aliphatic rings. The zero-order valence-electron chi connectivity index (χ0n) is 26.2. The van der Waals surface area contributed by atoms with Crippen molar-refractivity contribution in [1.82, 2.24) is 13.7 Å². The fraction of sp³-hybridized carbons (Fsp3) is 0. The standard InChI is InChI=1S/C44H25N5/c45-26-28-25-42(47-36-19-7-1-13-29(36)30-14-2-8-20-37(30)47)44(49-40-23-11-5-17-33(40)34-18-6-12-24-41(34)49)35(27-46)43(28)48-38-21-9-3-15-31(38)32-16-4-10-22-39(32)48/h1-25H. The average Bonchev–Trinajstić information content (AvgIpc) is 3.80. The summed E-state index contributed by atoms with van der Waals surface area (Å²) in [5.41, 5.74) is 8.77. The molecule has 0 N–H and O–H groups in total. The Morgan fingerprint density at radius 2 is 0.653 bits per heavy atom. The zero-order chi connectivity index (χ0) is 32.6. The monoisotopic (exact) mass is 623 g/mol. The van der Waals surface area contributed by atoms with Gasteiger partial charge in [0.05, 0.1) is 55.7 Å². The Kier molecular flexibility index (Phi) is 5.64. The van der Waals surface area contributed by atoms with Gasteiger partial charge in [-0.15, -0.1) is 0 Å². The highest BCUT2D eigenvalue weighted by Crippen LogP contribution is 2.43. The van der Waals surface area contributed by atoms with Gasteiger partial charge in [0.15, 0.2) is 0 Å². The maximum Gasteiger partial charge on any atom is 0.104 e. The number of para-hydroxylation sites is 6. The van der Waals surface area contributed by atoms with E-state index in [9.17, 15) is 10.5 Å². The fourth-order valence-corrected chi connectivity index (χ4v) is 7.98. The number of aromatic nitrogens is 3. The lowest BCUT2D eigenvalue weighted by atomic mass is 10.0. The minimum Gasteiger partial charge on any atom is -0.307 e. The van der Waals surface area contributed by atoms with Crippen molar-refractivity contribution in [2.45, 2.75) is 0 Å². The van der Waals surface area contributed by atoms with Crippen LogP contribution in [0.4, 0.5) is 0 Å². The second-order valence-corrected chi connectivity index (χ2v) is 12.3. The van der Waals surface area contributed by atoms with Crippen LogP contribution in [0.1, 0.15) is 11.1 Å². The van der Waals surface area contributed by atoms with E-state index in [1.165, 1.54) is 0 Å². The largest absolute Gasteiger partial charge is 0.307 e. The highest BCUT2D eigenvalue weighted by molar-refractivity contribution is 6.13. The molecule has 0 saturated heterocycles. The van der Waals surface area contributed by atoms with Gasteiger partial charge in [-0.2, -0.15) is 10.5 Å². The van der Waals surface area contributed by atoms with Crippen molar-refractivity contribution in [3.05, 3.63) is 163 Å². The van der Waals surface area contributed by atoms with E-state index in [-0.39, 0.29) is 0 Å². The second kappa shape index (κ2) is 10.2. The molecule has 3 aromatic heterocycles. The number of hydrogen-bond acceptors (Lipinski definition) is 2. The summed E-state index contributed by atoms with van der Waals surface area (Å²) in [5, 5.41) is 29.0. The minimum absolute atomic E-state index is 0.421. The molecule has 5 nitrogen and oxygen atoms in total. The normalized spacial score (nSPS) is 11.6. The van der Waals surface area contributed by atoms with Crippen LogP contribution in [0.2, 0.25) is 0 Å². The minimum atomic E-state index is 0.421. The van der Waals surface area contributed by atoms with Crippen LogP contribution in [-0.2, 0) is 0 Å². The molecule has 0 atom stereocenters. The number of rotatable bonds is 3. The van der Waals surface area contributed by atoms with E-state index in [2.05, 4.69) is 123 Å². The van der Waals surface area contributed by atoms with Crippen molar-refractivity contribution in [3.63, 3.8) is 0 Å². The van der Waals surface area contributed by atoms with Gasteiger partial charge in [-0.25, -0.2) is 0 Å². The molecule has 0 spiro atoms. The van der Waals surface area contributed by atoms with Crippen LogP contribution in [0.25, 0.3) is 82.5 Å². The Morgan fingerprint density at radius 1 is 0.347 bits per heavy atom. The number of benzene rings is 7. The maximum atomic E-state index is 11.5. The summed E-state index contributed by atoms with van der Waals surface area (Å²) in [5.74, 6) is 0. The molecule has 226 valence electrons. The molecule has 0 bridgehead atoms. The van der Waals surface area contributed by atoms with Crippen LogP contribution in [0.15, 0.2) is 152 Å². The first-order valence-corrected chi connectivity index (χ1v) is 16.3. The maximum absolute atomic E-state index is 11.5. The summed E-state index contributed by atoms with van der Waals surface area (Å²) < 4.78 is 6.55. The Bertz CT molecular complexity index is 2920. The third kappa shape index (κ3) is 3.62. The molecule has 0 amide bonds. The second-order valence-electron chi connectivity index (χ2n) is 12.3. The van der Waals surface area contributed by atoms with Crippen molar-refractivity contribution in [2.75, 3.05) is 0 Å². The molecule has 0 saturated carbocycles. The molecule has 7 aromatic carbocycles. The molecule has 0 radical (unpaired) electrons. The van der Waals surface area contributed by atoms with E-state index in [1.807, 2.05) is 54.6 Å². The van der Waals surface area contributed by atoms with Gasteiger partial charge in [-0.1, -0.05) is 109 Å². The molecule has 0 aliphatic carbocycles. The van der Waals surface area contributed by atoms with E-state index < -0.39 is 0 Å². The summed E-state index contributed by atoms with van der Waals surface area (Å²) in [6.07, 6.45) is 0. The third-order valence-corrected chi connectivity index (χ3v) is 9.91. The van der Waals surface area contributed by atoms with Crippen molar-refractivity contribution in [1.29, 1.82) is 10.5 Å². The van der Waals surface area contributed by atoms with Gasteiger partial charge >= 0.3 is 0 Å². The first-order chi connectivity index (χ1) is 24.3. The van der Waals surface area contributed by atoms with E-state index in [4.69, 9.17) is 0 Å². The highest BCUT2D eigenvalue weighted by Gasteiger charge is 2.28. The summed E-state index contributed by atoms with van der Waals surface area (Å²) in [7, 11) is 0. The summed E-state index contributed by atoms with van der Waals surface area (Å²) >= 11 is 0. The molecule has 49 heavy (non-hydrogen) atoms. The molecule has 0 unspecified atom stereocenters. The van der Waals surface area contributed by atoms with Gasteiger partial charge in [0.1, 0.15) is 17.7 Å². The molecule has 0 aliphatic heterocycles. The van der Waals surface area contributed by atoms with Crippen LogP contribution in [-0.4, -0.2) is 13.7 Å².